The van der Waals surface area contributed by atoms with Gasteiger partial charge in [0.2, 0.25) is 5.91 Å². The van der Waals surface area contributed by atoms with E-state index < -0.39 is 324 Å². The highest BCUT2D eigenvalue weighted by molar-refractivity contribution is 7.47. The van der Waals surface area contributed by atoms with Gasteiger partial charge < -0.3 is 205 Å². The van der Waals surface area contributed by atoms with Gasteiger partial charge in [-0.15, -0.1) is 0 Å². The molecule has 1 amide bonds. The predicted octanol–water partition coefficient (Wildman–Crippen LogP) is -17.6. The Hall–Kier alpha value is -2.96. The molecular weight excluding hydrogens is 1400 g/mol. The van der Waals surface area contributed by atoms with Crippen LogP contribution in [0, 0.1) is 0 Å². The van der Waals surface area contributed by atoms with E-state index in [9.17, 15) is 152 Å². The molecule has 38 atom stereocenters. The first-order valence-electron chi connectivity index (χ1n) is 30.8. The zero-order chi connectivity index (χ0) is 74.5. The summed E-state index contributed by atoms with van der Waals surface area (Å²) in [7, 11) is -5.71. The lowest BCUT2D eigenvalue weighted by Crippen LogP contribution is -2.71. The number of amides is 1. The Morgan fingerprint density at radius 3 is 1.53 bits per heavy atom. The van der Waals surface area contributed by atoms with Gasteiger partial charge in [0.25, 0.3) is 11.6 Å². The Morgan fingerprint density at radius 2 is 0.980 bits per heavy atom. The highest BCUT2D eigenvalue weighted by atomic mass is 31.2. The number of rotatable bonds is 31. The first-order valence-corrected chi connectivity index (χ1v) is 32.3. The van der Waals surface area contributed by atoms with E-state index >= 15 is 0 Å². The first-order chi connectivity index (χ1) is 47.0. The maximum Gasteiger partial charge on any atom is 0.472 e. The summed E-state index contributed by atoms with van der Waals surface area (Å²) in [5.41, 5.74) is 5.49. The Balaban J connectivity index is 1.42. The molecular formula is C52H89N2O45P. The van der Waals surface area contributed by atoms with E-state index in [4.69, 9.17) is 76.4 Å². The third-order valence-electron chi connectivity index (χ3n) is 17.4. The summed E-state index contributed by atoms with van der Waals surface area (Å²) >= 11 is 0. The van der Waals surface area contributed by atoms with Crippen molar-refractivity contribution < 1.29 is 222 Å². The lowest BCUT2D eigenvalue weighted by Gasteiger charge is -2.53. The van der Waals surface area contributed by atoms with Crippen molar-refractivity contribution in [2.45, 2.75) is 246 Å². The van der Waals surface area contributed by atoms with Crippen LogP contribution in [0.25, 0.3) is 0 Å². The normalized spacial score (nSPS) is 46.2. The van der Waals surface area contributed by atoms with Crippen LogP contribution < -0.4 is 11.1 Å². The molecule has 48 heteroatoms. The minimum atomic E-state index is -5.71. The zero-order valence-corrected chi connectivity index (χ0v) is 53.3. The summed E-state index contributed by atoms with van der Waals surface area (Å²) in [4.78, 5) is 50.0. The van der Waals surface area contributed by atoms with Crippen LogP contribution in [0.3, 0.4) is 0 Å². The molecule has 100 heavy (non-hydrogen) atoms. The molecule has 1 unspecified atom stereocenters. The fraction of sp³-hybridized carbons (Fsp3) is 0.942. The molecule has 7 aliphatic heterocycles. The Labute approximate surface area is 563 Å². The topological polar surface area (TPSA) is 771 Å². The second-order valence-electron chi connectivity index (χ2n) is 24.4. The van der Waals surface area contributed by atoms with Crippen LogP contribution in [0.1, 0.15) is 19.8 Å². The van der Waals surface area contributed by atoms with Gasteiger partial charge in [-0.25, -0.2) is 14.2 Å². The minimum absolute atomic E-state index is 0.510. The number of hydrogen-bond donors (Lipinski definition) is 28. The van der Waals surface area contributed by atoms with Crippen molar-refractivity contribution in [3.63, 3.8) is 0 Å². The van der Waals surface area contributed by atoms with Crippen LogP contribution in [0.5, 0.6) is 0 Å². The molecule has 582 valence electrons. The summed E-state index contributed by atoms with van der Waals surface area (Å²) < 4.78 is 100. The maximum absolute atomic E-state index is 13.8. The molecule has 0 aromatic carbocycles. The first kappa shape index (κ1) is 84.3. The van der Waals surface area contributed by atoms with Crippen molar-refractivity contribution >= 4 is 25.7 Å². The van der Waals surface area contributed by atoms with Gasteiger partial charge >= 0.3 is 19.8 Å². The standard InChI is InChI=1S/C52H89N2O45P/c1-13(62)54-23-27(71)25(69)20(10-59)86-44(23)95-43-41(99-100(83,84)85-3-2-53)32(76)34(15(64)6-55)89-48(43)93-40-33(77)47(90-36(17(66)8-57)42(40)94-46-31(75)29(73)38(22(12-61)88-46)91-45-30(74)28(72)26(70)21(11-60)87-45)92-39-19(5-51(82,49(78)79)97-37(39)18(67)9-58)96-52(50(80)81)4-14(63)24(68)35(98-52)16(65)7-56/h14-48,55-61,63-77,82H,2-12,53H2,1H3,(H,54,62)(H,78,79)(H,80,81)(H,83,84)/t14-,15+,16-,17+,18-,19-,20-,21-,22-,23-,24-,25-,26+,27-,28+,29-,30-,31-,32-,33+,34-,35-,36-,37-,38-,39-,40-,41+,42-,43+,44-,45+,46+,47-,48-,51-,52-/m1/s1. The number of aliphatic hydroxyl groups is 23. The van der Waals surface area contributed by atoms with Gasteiger partial charge in [0.05, 0.1) is 65.1 Å². The van der Waals surface area contributed by atoms with Crippen molar-refractivity contribution in [3.8, 4) is 0 Å². The highest BCUT2D eigenvalue weighted by Gasteiger charge is 2.65. The fourth-order valence-electron chi connectivity index (χ4n) is 12.2. The third-order valence-corrected chi connectivity index (χ3v) is 18.4. The average molecular weight is 1490 g/mol. The Morgan fingerprint density at radius 1 is 0.500 bits per heavy atom. The number of nitrogens with one attached hydrogen (secondary N) is 1. The lowest BCUT2D eigenvalue weighted by molar-refractivity contribution is -0.419. The van der Waals surface area contributed by atoms with Crippen molar-refractivity contribution in [2.24, 2.45) is 5.73 Å². The van der Waals surface area contributed by atoms with Crippen molar-refractivity contribution in [3.05, 3.63) is 0 Å². The van der Waals surface area contributed by atoms with Gasteiger partial charge in [0.15, 0.2) is 31.5 Å². The second kappa shape index (κ2) is 35.6. The Kier molecular flexibility index (Phi) is 30.0. The van der Waals surface area contributed by atoms with Gasteiger partial charge in [0.1, 0.15) is 171 Å². The fourth-order valence-corrected chi connectivity index (χ4v) is 13.1. The van der Waals surface area contributed by atoms with E-state index in [0.29, 0.717) is 0 Å². The van der Waals surface area contributed by atoms with Crippen LogP contribution in [0.2, 0.25) is 0 Å². The van der Waals surface area contributed by atoms with E-state index in [1.54, 1.807) is 0 Å². The zero-order valence-electron chi connectivity index (χ0n) is 52.4. The van der Waals surface area contributed by atoms with Crippen molar-refractivity contribution in [2.75, 3.05) is 59.4 Å². The molecule has 0 aromatic heterocycles. The van der Waals surface area contributed by atoms with Crippen molar-refractivity contribution in [1.82, 2.24) is 5.32 Å². The summed E-state index contributed by atoms with van der Waals surface area (Å²) in [5.74, 6) is -12.8. The van der Waals surface area contributed by atoms with Gasteiger partial charge in [-0.05, 0) is 0 Å². The summed E-state index contributed by atoms with van der Waals surface area (Å²) in [6.07, 6.45) is -85.2. The molecule has 0 aromatic rings. The molecule has 0 radical (unpaired) electrons. The van der Waals surface area contributed by atoms with Crippen molar-refractivity contribution in [1.29, 1.82) is 0 Å². The van der Waals surface area contributed by atoms with Crippen LogP contribution in [-0.2, 0) is 89.6 Å². The number of phosphoric ester groups is 1. The van der Waals surface area contributed by atoms with Crippen LogP contribution >= 0.6 is 7.82 Å². The number of carbonyl (C=O) groups is 3. The van der Waals surface area contributed by atoms with Gasteiger partial charge in [-0.2, -0.15) is 0 Å². The van der Waals surface area contributed by atoms with Crippen LogP contribution in [0.4, 0.5) is 0 Å². The molecule has 47 nitrogen and oxygen atoms in total. The molecule has 0 bridgehead atoms. The highest BCUT2D eigenvalue weighted by Crippen LogP contribution is 2.49. The minimum Gasteiger partial charge on any atom is -0.477 e. The Bertz CT molecular complexity index is 2650. The number of carbonyl (C=O) groups excluding carboxylic acids is 1. The summed E-state index contributed by atoms with van der Waals surface area (Å²) in [6, 6.07) is -2.04. The van der Waals surface area contributed by atoms with Gasteiger partial charge in [-0.3, -0.25) is 13.8 Å². The lowest BCUT2D eigenvalue weighted by atomic mass is 9.89. The van der Waals surface area contributed by atoms with Crippen LogP contribution in [-0.4, -0.2) is 436 Å². The molecule has 0 saturated carbocycles. The molecule has 7 aliphatic rings. The van der Waals surface area contributed by atoms with E-state index in [0.717, 1.165) is 6.92 Å². The molecule has 0 aliphatic carbocycles. The molecule has 7 rings (SSSR count). The number of phosphoric acid groups is 1. The molecule has 29 N–H and O–H groups in total. The largest absolute Gasteiger partial charge is 0.477 e. The number of hydrogen-bond acceptors (Lipinski definition) is 43. The predicted molar refractivity (Wildman–Crippen MR) is 301 cm³/mol. The number of carboxylic acids is 2. The van der Waals surface area contributed by atoms with Gasteiger partial charge in [-0.1, -0.05) is 0 Å². The van der Waals surface area contributed by atoms with E-state index in [1.807, 2.05) is 0 Å². The maximum atomic E-state index is 13.8. The smallest absolute Gasteiger partial charge is 0.472 e. The number of aliphatic carboxylic acids is 2. The van der Waals surface area contributed by atoms with E-state index in [-0.39, 0.29) is 0 Å². The number of nitrogens with two attached hydrogens (primary N) is 1. The molecule has 7 saturated heterocycles. The number of ether oxygens (including phenoxy) is 13. The monoisotopic (exact) mass is 1490 g/mol. The van der Waals surface area contributed by atoms with Crippen LogP contribution in [0.15, 0.2) is 0 Å². The summed E-state index contributed by atoms with van der Waals surface area (Å²) in [5, 5.41) is 276. The van der Waals surface area contributed by atoms with E-state index in [1.165, 1.54) is 0 Å². The number of carboxylic acid groups (broad SMARTS) is 2. The molecule has 7 fully saturated rings. The average Bonchev–Trinajstić information content (AvgIpc) is 0.750. The van der Waals surface area contributed by atoms with Gasteiger partial charge in [0, 0.05) is 26.3 Å². The second-order valence-corrected chi connectivity index (χ2v) is 25.8. The quantitative estimate of drug-likeness (QED) is 0.0287. The number of aliphatic hydroxyl groups excluding tert-OH is 22. The SMILES string of the molecule is CC(=O)N[C@H]1[C@@H](O[C@@H]2[C@@H](O[C@@H]3[C@H](O)[C@@H](O[C@H]4[C@@H]([C@H](O)CO)O[C@@](O)(C(=O)O)C[C@H]4O[C@]4(C(=O)O)C[C@@H](O)[C@@H](O)[C@@H]([C@H](O)CO)O4)O[C@H]([C@@H](O)CO)[C@H]3O[C@@H]3O[C@H](CO)[C@@H](O[C@@H]4O[C@H](CO)[C@H](O)[C@H](O)[C@H]4O)[C@H](O)[C@H]3O)O[C@H]([C@@H](O)CO)[C@@H](O)[C@@H]2OP(=O)(O)OCCN)O[C@H](CO)[C@@H](O)[C@@H]1O. The van der Waals surface area contributed by atoms with E-state index in [2.05, 4.69) is 5.32 Å². The molecule has 0 spiro atoms. The summed E-state index contributed by atoms with van der Waals surface area (Å²) in [6.45, 7) is -9.70. The molecule has 7 heterocycles. The third kappa shape index (κ3) is 18.3.